The van der Waals surface area contributed by atoms with E-state index < -0.39 is 21.6 Å². The van der Waals surface area contributed by atoms with Gasteiger partial charge >= 0.3 is 53.0 Å². The molecule has 38 valence electrons. The Balaban J connectivity index is 3.17. The Labute approximate surface area is 53.3 Å². The summed E-state index contributed by atoms with van der Waals surface area (Å²) in [6.45, 7) is 3.23. The van der Waals surface area contributed by atoms with Crippen LogP contribution < -0.4 is 0 Å². The van der Waals surface area contributed by atoms with Crippen LogP contribution in [0.2, 0.25) is 4.94 Å². The SMILES string of the molecule is C=CC(=O)[O][Sn][CH3]. The predicted octanol–water partition coefficient (Wildman–Crippen LogP) is 0.383. The van der Waals surface area contributed by atoms with E-state index in [0.29, 0.717) is 0 Å². The normalized spacial score (nSPS) is 7.57. The van der Waals surface area contributed by atoms with Crippen molar-refractivity contribution in [3.05, 3.63) is 12.7 Å². The fourth-order valence-electron chi connectivity index (χ4n) is 0.142. The summed E-state index contributed by atoms with van der Waals surface area (Å²) < 4.78 is 4.60. The molecule has 0 aromatic heterocycles. The molecule has 0 N–H and O–H groups in total. The molecule has 0 fully saturated rings. The van der Waals surface area contributed by atoms with E-state index in [1.165, 1.54) is 6.08 Å². The molecule has 0 aliphatic carbocycles. The standard InChI is InChI=1S/C3H4O2.CH3.Sn/c1-2-3(4)5;;/h2H,1H2,(H,4,5);1H3;/q;;+1/p-1. The van der Waals surface area contributed by atoms with Crippen LogP contribution in [0.5, 0.6) is 0 Å². The third-order valence-electron chi connectivity index (χ3n) is 0.369. The molecule has 2 radical (unpaired) electrons. The Morgan fingerprint density at radius 2 is 2.57 bits per heavy atom. The van der Waals surface area contributed by atoms with Crippen molar-refractivity contribution in [3.8, 4) is 0 Å². The zero-order chi connectivity index (χ0) is 5.70. The maximum absolute atomic E-state index is 10.1. The fourth-order valence-corrected chi connectivity index (χ4v) is 0.954. The van der Waals surface area contributed by atoms with Crippen molar-refractivity contribution in [2.24, 2.45) is 0 Å². The van der Waals surface area contributed by atoms with Gasteiger partial charge in [-0.25, -0.2) is 0 Å². The van der Waals surface area contributed by atoms with Crippen LogP contribution in [0.4, 0.5) is 0 Å². The second kappa shape index (κ2) is 4.18. The average Bonchev–Trinajstić information content (AvgIpc) is 1.68. The molecule has 0 rings (SSSR count). The molecule has 0 aromatic rings. The van der Waals surface area contributed by atoms with Gasteiger partial charge in [0.2, 0.25) is 0 Å². The van der Waals surface area contributed by atoms with Gasteiger partial charge in [0.15, 0.2) is 0 Å². The first-order chi connectivity index (χ1) is 3.31. The van der Waals surface area contributed by atoms with Crippen LogP contribution in [0.25, 0.3) is 0 Å². The molecule has 0 spiro atoms. The van der Waals surface area contributed by atoms with Gasteiger partial charge in [0.25, 0.3) is 0 Å². The molecule has 0 aliphatic rings. The summed E-state index contributed by atoms with van der Waals surface area (Å²) in [7, 11) is 0. The Morgan fingerprint density at radius 3 is 2.71 bits per heavy atom. The van der Waals surface area contributed by atoms with Crippen molar-refractivity contribution in [1.29, 1.82) is 0 Å². The van der Waals surface area contributed by atoms with Crippen LogP contribution in [-0.2, 0) is 7.87 Å². The van der Waals surface area contributed by atoms with Gasteiger partial charge in [-0.05, 0) is 0 Å². The monoisotopic (exact) mass is 206 g/mol. The van der Waals surface area contributed by atoms with E-state index in [-0.39, 0.29) is 5.97 Å². The Morgan fingerprint density at radius 1 is 2.00 bits per heavy atom. The first kappa shape index (κ1) is 7.01. The quantitative estimate of drug-likeness (QED) is 0.481. The van der Waals surface area contributed by atoms with E-state index in [1.54, 1.807) is 0 Å². The zero-order valence-corrected chi connectivity index (χ0v) is 6.96. The predicted molar refractivity (Wildman–Crippen MR) is 27.9 cm³/mol. The molecule has 0 aromatic carbocycles. The summed E-state index contributed by atoms with van der Waals surface area (Å²) in [6.07, 6.45) is 1.18. The van der Waals surface area contributed by atoms with Gasteiger partial charge in [-0.15, -0.1) is 0 Å². The van der Waals surface area contributed by atoms with E-state index in [0.717, 1.165) is 0 Å². The molecule has 3 heteroatoms. The summed E-state index contributed by atoms with van der Waals surface area (Å²) in [6, 6.07) is 0. The van der Waals surface area contributed by atoms with E-state index in [4.69, 9.17) is 0 Å². The molecular formula is C4H6O2Sn. The van der Waals surface area contributed by atoms with Crippen molar-refractivity contribution < 1.29 is 7.87 Å². The van der Waals surface area contributed by atoms with Crippen LogP contribution in [0, 0.1) is 0 Å². The Kier molecular flexibility index (Phi) is 4.18. The van der Waals surface area contributed by atoms with E-state index in [1.807, 2.05) is 4.94 Å². The third-order valence-corrected chi connectivity index (χ3v) is 1.53. The van der Waals surface area contributed by atoms with Crippen LogP contribution >= 0.6 is 0 Å². The van der Waals surface area contributed by atoms with Gasteiger partial charge < -0.3 is 0 Å². The summed E-state index contributed by atoms with van der Waals surface area (Å²) in [4.78, 5) is 12.0. The summed E-state index contributed by atoms with van der Waals surface area (Å²) in [5.74, 6) is -0.283. The van der Waals surface area contributed by atoms with E-state index >= 15 is 0 Å². The topological polar surface area (TPSA) is 26.3 Å². The number of hydrogen-bond donors (Lipinski definition) is 0. The minimum atomic E-state index is -0.786. The van der Waals surface area contributed by atoms with Crippen LogP contribution in [-0.4, -0.2) is 27.5 Å². The minimum absolute atomic E-state index is 0.283. The van der Waals surface area contributed by atoms with Gasteiger partial charge in [-0.1, -0.05) is 0 Å². The first-order valence-electron chi connectivity index (χ1n) is 1.81. The molecule has 0 amide bonds. The second-order valence-corrected chi connectivity index (χ2v) is 2.58. The number of rotatable bonds is 2. The number of carbonyl (C=O) groups is 1. The summed E-state index contributed by atoms with van der Waals surface area (Å²) in [5, 5.41) is 0. The summed E-state index contributed by atoms with van der Waals surface area (Å²) in [5.41, 5.74) is 0. The molecule has 0 bridgehead atoms. The second-order valence-electron chi connectivity index (χ2n) is 0.829. The van der Waals surface area contributed by atoms with Crippen LogP contribution in [0.15, 0.2) is 12.7 Å². The van der Waals surface area contributed by atoms with Crippen molar-refractivity contribution in [1.82, 2.24) is 0 Å². The molecule has 0 heterocycles. The molecule has 0 atom stereocenters. The molecule has 0 saturated heterocycles. The van der Waals surface area contributed by atoms with Crippen molar-refractivity contribution in [2.75, 3.05) is 0 Å². The molecule has 7 heavy (non-hydrogen) atoms. The first-order valence-corrected chi connectivity index (χ1v) is 5.83. The van der Waals surface area contributed by atoms with Gasteiger partial charge in [0.05, 0.1) is 0 Å². The molecule has 0 unspecified atom stereocenters. The van der Waals surface area contributed by atoms with E-state index in [9.17, 15) is 4.79 Å². The molecule has 0 aliphatic heterocycles. The van der Waals surface area contributed by atoms with Crippen molar-refractivity contribution in [3.63, 3.8) is 0 Å². The van der Waals surface area contributed by atoms with Crippen LogP contribution in [0.3, 0.4) is 0 Å². The molecule has 2 nitrogen and oxygen atoms in total. The van der Waals surface area contributed by atoms with Crippen molar-refractivity contribution in [2.45, 2.75) is 4.94 Å². The molecule has 0 saturated carbocycles. The average molecular weight is 205 g/mol. The van der Waals surface area contributed by atoms with Crippen LogP contribution in [0.1, 0.15) is 0 Å². The van der Waals surface area contributed by atoms with Gasteiger partial charge in [-0.3, -0.25) is 0 Å². The zero-order valence-electron chi connectivity index (χ0n) is 4.10. The number of hydrogen-bond acceptors (Lipinski definition) is 2. The van der Waals surface area contributed by atoms with E-state index in [2.05, 4.69) is 9.65 Å². The molecular weight excluding hydrogens is 199 g/mol. The van der Waals surface area contributed by atoms with Gasteiger partial charge in [-0.2, -0.15) is 0 Å². The Hall–Kier alpha value is 0.00870. The third kappa shape index (κ3) is 3.85. The Bertz CT molecular complexity index is 79.8. The van der Waals surface area contributed by atoms with Gasteiger partial charge in [0.1, 0.15) is 0 Å². The fraction of sp³-hybridized carbons (Fsp3) is 0.250. The summed E-state index contributed by atoms with van der Waals surface area (Å²) >= 11 is -0.786. The number of carbonyl (C=O) groups excluding carboxylic acids is 1. The maximum atomic E-state index is 10.1. The van der Waals surface area contributed by atoms with Gasteiger partial charge in [0, 0.05) is 0 Å². The van der Waals surface area contributed by atoms with Crippen molar-refractivity contribution >= 4 is 27.5 Å².